The summed E-state index contributed by atoms with van der Waals surface area (Å²) in [4.78, 5) is 26.2. The number of fused-ring (bicyclic) bond motifs is 1. The number of halogens is 3. The third-order valence-electron chi connectivity index (χ3n) is 5.04. The molecule has 2 rings (SSSR count). The zero-order valence-corrected chi connectivity index (χ0v) is 23.2. The molecule has 2 aromatic rings. The zero-order chi connectivity index (χ0) is 29.8. The van der Waals surface area contributed by atoms with Crippen LogP contribution in [-0.2, 0) is 14.3 Å². The van der Waals surface area contributed by atoms with Crippen molar-refractivity contribution in [3.05, 3.63) is 36.5 Å². The number of carbonyl (C=O) groups is 2. The maximum Gasteiger partial charge on any atom is 0.491 e. The van der Waals surface area contributed by atoms with Gasteiger partial charge < -0.3 is 31.4 Å². The van der Waals surface area contributed by atoms with Crippen molar-refractivity contribution in [3.8, 4) is 5.75 Å². The molecular formula is C27H43F3N4O5. The summed E-state index contributed by atoms with van der Waals surface area (Å²) in [7, 11) is 0. The van der Waals surface area contributed by atoms with Crippen LogP contribution in [0.25, 0.3) is 10.9 Å². The Labute approximate surface area is 228 Å². The number of nitrogens with two attached hydrogens (primary N) is 2. The van der Waals surface area contributed by atoms with Gasteiger partial charge in [-0.1, -0.05) is 38.5 Å². The van der Waals surface area contributed by atoms with Gasteiger partial charge in [-0.05, 0) is 57.7 Å². The SMILES string of the molecule is CC(C)C[C@H](CO)NC(=O)[C@H](N)CCCCN.CCOCC.O=C(Oc1cnc2ccccc2c1)C(F)(F)F. The van der Waals surface area contributed by atoms with Crippen LogP contribution in [0.5, 0.6) is 5.75 Å². The molecule has 0 saturated heterocycles. The number of amides is 1. The van der Waals surface area contributed by atoms with Crippen LogP contribution in [0, 0.1) is 5.92 Å². The first-order chi connectivity index (χ1) is 18.4. The van der Waals surface area contributed by atoms with E-state index in [4.69, 9.17) is 21.3 Å². The van der Waals surface area contributed by atoms with E-state index < -0.39 is 18.2 Å². The molecule has 0 spiro atoms. The van der Waals surface area contributed by atoms with Gasteiger partial charge in [0.15, 0.2) is 0 Å². The maximum atomic E-state index is 12.0. The Balaban J connectivity index is 0.000000632. The number of unbranched alkanes of at least 4 members (excludes halogenated alkanes) is 1. The van der Waals surface area contributed by atoms with Gasteiger partial charge in [0.25, 0.3) is 0 Å². The lowest BCUT2D eigenvalue weighted by Crippen LogP contribution is -2.47. The van der Waals surface area contributed by atoms with E-state index in [0.29, 0.717) is 29.8 Å². The van der Waals surface area contributed by atoms with Crippen LogP contribution in [-0.4, -0.2) is 66.6 Å². The molecule has 1 aromatic heterocycles. The summed E-state index contributed by atoms with van der Waals surface area (Å²) < 4.78 is 44.9. The second-order valence-electron chi connectivity index (χ2n) is 8.94. The van der Waals surface area contributed by atoms with Crippen LogP contribution in [0.15, 0.2) is 36.5 Å². The minimum Gasteiger partial charge on any atom is -0.418 e. The highest BCUT2D eigenvalue weighted by molar-refractivity contribution is 5.82. The fourth-order valence-electron chi connectivity index (χ4n) is 3.17. The van der Waals surface area contributed by atoms with Gasteiger partial charge in [0.1, 0.15) is 5.75 Å². The van der Waals surface area contributed by atoms with Crippen LogP contribution in [0.4, 0.5) is 13.2 Å². The number of para-hydroxylation sites is 1. The summed E-state index contributed by atoms with van der Waals surface area (Å²) in [5.41, 5.74) is 11.7. The number of ether oxygens (including phenoxy) is 2. The number of hydrogen-bond acceptors (Lipinski definition) is 8. The van der Waals surface area contributed by atoms with Crippen molar-refractivity contribution >= 4 is 22.8 Å². The van der Waals surface area contributed by atoms with Gasteiger partial charge in [0.05, 0.1) is 30.4 Å². The van der Waals surface area contributed by atoms with Gasteiger partial charge in [-0.2, -0.15) is 13.2 Å². The van der Waals surface area contributed by atoms with Gasteiger partial charge in [0, 0.05) is 18.6 Å². The third-order valence-corrected chi connectivity index (χ3v) is 5.04. The van der Waals surface area contributed by atoms with E-state index >= 15 is 0 Å². The van der Waals surface area contributed by atoms with Crippen LogP contribution in [0.1, 0.15) is 53.4 Å². The summed E-state index contributed by atoms with van der Waals surface area (Å²) in [6.07, 6.45) is -0.784. The molecule has 12 heteroatoms. The maximum absolute atomic E-state index is 12.0. The Kier molecular flexibility index (Phi) is 18.7. The summed E-state index contributed by atoms with van der Waals surface area (Å²) in [5, 5.41) is 12.5. The van der Waals surface area contributed by atoms with Crippen molar-refractivity contribution in [3.63, 3.8) is 0 Å². The lowest BCUT2D eigenvalue weighted by molar-refractivity contribution is -0.189. The fourth-order valence-corrected chi connectivity index (χ4v) is 3.17. The fraction of sp³-hybridized carbons (Fsp3) is 0.593. The van der Waals surface area contributed by atoms with Crippen molar-refractivity contribution in [1.29, 1.82) is 0 Å². The molecule has 0 aliphatic heterocycles. The molecule has 0 radical (unpaired) electrons. The molecule has 2 atom stereocenters. The number of pyridine rings is 1. The number of benzene rings is 1. The second-order valence-corrected chi connectivity index (χ2v) is 8.94. The predicted molar refractivity (Wildman–Crippen MR) is 145 cm³/mol. The van der Waals surface area contributed by atoms with Gasteiger partial charge in [-0.25, -0.2) is 4.79 Å². The Morgan fingerprint density at radius 1 is 1.13 bits per heavy atom. The highest BCUT2D eigenvalue weighted by Gasteiger charge is 2.41. The molecule has 39 heavy (non-hydrogen) atoms. The van der Waals surface area contributed by atoms with Gasteiger partial charge in [-0.3, -0.25) is 9.78 Å². The zero-order valence-electron chi connectivity index (χ0n) is 23.2. The number of alkyl halides is 3. The molecule has 222 valence electrons. The van der Waals surface area contributed by atoms with Crippen molar-refractivity contribution < 1.29 is 37.3 Å². The summed E-state index contributed by atoms with van der Waals surface area (Å²) >= 11 is 0. The number of aliphatic hydroxyl groups excluding tert-OH is 1. The van der Waals surface area contributed by atoms with E-state index in [9.17, 15) is 22.8 Å². The normalized spacial score (nSPS) is 12.5. The van der Waals surface area contributed by atoms with Crippen molar-refractivity contribution in [2.75, 3.05) is 26.4 Å². The van der Waals surface area contributed by atoms with Crippen LogP contribution in [0.2, 0.25) is 0 Å². The molecule has 0 bridgehead atoms. The average Bonchev–Trinajstić information content (AvgIpc) is 2.88. The Hall–Kier alpha value is -2.80. The number of esters is 1. The quantitative estimate of drug-likeness (QED) is 0.227. The minimum absolute atomic E-state index is 0.0422. The number of aliphatic hydroxyl groups is 1. The second kappa shape index (κ2) is 20.2. The smallest absolute Gasteiger partial charge is 0.418 e. The van der Waals surface area contributed by atoms with Gasteiger partial charge in [0.2, 0.25) is 5.91 Å². The Morgan fingerprint density at radius 2 is 1.77 bits per heavy atom. The van der Waals surface area contributed by atoms with Crippen LogP contribution in [0.3, 0.4) is 0 Å². The van der Waals surface area contributed by atoms with E-state index in [0.717, 1.165) is 38.7 Å². The van der Waals surface area contributed by atoms with Gasteiger partial charge >= 0.3 is 12.1 Å². The first-order valence-corrected chi connectivity index (χ1v) is 13.0. The van der Waals surface area contributed by atoms with Crippen molar-refractivity contribution in [1.82, 2.24) is 10.3 Å². The monoisotopic (exact) mass is 560 g/mol. The highest BCUT2D eigenvalue weighted by Crippen LogP contribution is 2.22. The molecule has 1 amide bonds. The number of rotatable bonds is 12. The van der Waals surface area contributed by atoms with Crippen molar-refractivity contribution in [2.45, 2.75) is 71.6 Å². The van der Waals surface area contributed by atoms with Crippen LogP contribution < -0.4 is 21.5 Å². The third kappa shape index (κ3) is 16.7. The van der Waals surface area contributed by atoms with Crippen LogP contribution >= 0.6 is 0 Å². The molecule has 1 heterocycles. The van der Waals surface area contributed by atoms with E-state index in [1.165, 1.54) is 6.07 Å². The number of nitrogens with one attached hydrogen (secondary N) is 1. The largest absolute Gasteiger partial charge is 0.491 e. The Bertz CT molecular complexity index is 958. The van der Waals surface area contributed by atoms with Crippen molar-refractivity contribution in [2.24, 2.45) is 17.4 Å². The molecule has 0 aliphatic rings. The molecule has 0 fully saturated rings. The molecule has 0 saturated carbocycles. The molecule has 0 aliphatic carbocycles. The first-order valence-electron chi connectivity index (χ1n) is 13.0. The molecule has 6 N–H and O–H groups in total. The number of aromatic nitrogens is 1. The minimum atomic E-state index is -5.01. The summed E-state index contributed by atoms with van der Waals surface area (Å²) in [6.45, 7) is 10.4. The first kappa shape index (κ1) is 36.2. The standard InChI is InChI=1S/C12H27N3O2.C11H6F3NO2.C4H10O/c1-9(2)7-10(8-16)15-12(17)11(14)5-3-4-6-13;12-11(13,14)10(16)17-8-5-7-3-1-2-4-9(7)15-6-8;1-3-5-4-2/h9-11,16H,3-8,13-14H2,1-2H3,(H,15,17);1-6H;3-4H2,1-2H3/t10-,11-;;/m1../s1. The summed E-state index contributed by atoms with van der Waals surface area (Å²) in [6, 6.07) is 7.45. The van der Waals surface area contributed by atoms with Gasteiger partial charge in [-0.15, -0.1) is 0 Å². The molecule has 1 aromatic carbocycles. The van der Waals surface area contributed by atoms with E-state index in [2.05, 4.69) is 28.9 Å². The lowest BCUT2D eigenvalue weighted by Gasteiger charge is -2.20. The molecule has 0 unspecified atom stereocenters. The summed E-state index contributed by atoms with van der Waals surface area (Å²) in [5.74, 6) is -2.23. The van der Waals surface area contributed by atoms with E-state index in [-0.39, 0.29) is 24.3 Å². The Morgan fingerprint density at radius 3 is 2.28 bits per heavy atom. The molecule has 9 nitrogen and oxygen atoms in total. The number of nitrogens with zero attached hydrogens (tertiary/aromatic N) is 1. The topological polar surface area (TPSA) is 150 Å². The molecular weight excluding hydrogens is 517 g/mol. The number of carbonyl (C=O) groups excluding carboxylic acids is 2. The predicted octanol–water partition coefficient (Wildman–Crippen LogP) is 3.71. The highest BCUT2D eigenvalue weighted by atomic mass is 19.4. The van der Waals surface area contributed by atoms with E-state index in [1.807, 2.05) is 13.8 Å². The average molecular weight is 561 g/mol. The number of hydrogen-bond donors (Lipinski definition) is 4. The lowest BCUT2D eigenvalue weighted by atomic mass is 10.0. The van der Waals surface area contributed by atoms with E-state index in [1.54, 1.807) is 24.3 Å².